The third-order valence-corrected chi connectivity index (χ3v) is 4.82. The largest absolute Gasteiger partial charge is 0.377 e. The zero-order valence-electron chi connectivity index (χ0n) is 14.4. The van der Waals surface area contributed by atoms with Crippen LogP contribution in [0.5, 0.6) is 0 Å². The number of rotatable bonds is 5. The molecular formula is C16H28N6O2. The molecule has 8 nitrogen and oxygen atoms in total. The summed E-state index contributed by atoms with van der Waals surface area (Å²) in [6.07, 6.45) is 9.45. The number of hydrogen-bond donors (Lipinski definition) is 2. The molecule has 1 aromatic rings. The standard InChI is InChI=1S/C16H28N6O2/c1-23-15-11-24-10-14(15)22-9-13(20-21-22)8-18-16(17)19-12-6-4-2-3-5-7-12/h9,12,14-15H,2-8,10-11H2,1H3,(H3,17,18,19)/t14-,15-/m1/s1. The first kappa shape index (κ1) is 17.2. The molecule has 1 saturated heterocycles. The molecule has 3 N–H and O–H groups in total. The summed E-state index contributed by atoms with van der Waals surface area (Å²) in [4.78, 5) is 4.40. The van der Waals surface area contributed by atoms with Crippen LogP contribution >= 0.6 is 0 Å². The molecule has 3 rings (SSSR count). The topological polar surface area (TPSA) is 99.6 Å². The number of aromatic nitrogens is 3. The van der Waals surface area contributed by atoms with Crippen molar-refractivity contribution in [1.82, 2.24) is 20.3 Å². The van der Waals surface area contributed by atoms with E-state index < -0.39 is 0 Å². The predicted octanol–water partition coefficient (Wildman–Crippen LogP) is 0.992. The van der Waals surface area contributed by atoms with Gasteiger partial charge in [-0.1, -0.05) is 30.9 Å². The van der Waals surface area contributed by atoms with Gasteiger partial charge < -0.3 is 20.5 Å². The van der Waals surface area contributed by atoms with Crippen molar-refractivity contribution < 1.29 is 9.47 Å². The molecule has 1 saturated carbocycles. The van der Waals surface area contributed by atoms with Crippen LogP contribution in [0, 0.1) is 0 Å². The Morgan fingerprint density at radius 2 is 2.17 bits per heavy atom. The molecule has 134 valence electrons. The summed E-state index contributed by atoms with van der Waals surface area (Å²) in [5, 5.41) is 11.7. The number of ether oxygens (including phenoxy) is 2. The highest BCUT2D eigenvalue weighted by molar-refractivity contribution is 5.78. The van der Waals surface area contributed by atoms with Crippen LogP contribution in [0.3, 0.4) is 0 Å². The molecule has 2 aliphatic rings. The molecule has 8 heteroatoms. The van der Waals surface area contributed by atoms with Gasteiger partial charge in [0.2, 0.25) is 0 Å². The number of nitrogens with two attached hydrogens (primary N) is 1. The van der Waals surface area contributed by atoms with Gasteiger partial charge in [-0.2, -0.15) is 0 Å². The maximum absolute atomic E-state index is 6.02. The zero-order chi connectivity index (χ0) is 16.8. The van der Waals surface area contributed by atoms with Crippen LogP contribution < -0.4 is 11.1 Å². The van der Waals surface area contributed by atoms with Gasteiger partial charge in [0.1, 0.15) is 17.8 Å². The fraction of sp³-hybridized carbons (Fsp3) is 0.812. The number of hydrogen-bond acceptors (Lipinski definition) is 5. The van der Waals surface area contributed by atoms with Crippen molar-refractivity contribution in [1.29, 1.82) is 0 Å². The van der Waals surface area contributed by atoms with E-state index in [-0.39, 0.29) is 12.1 Å². The summed E-state index contributed by atoms with van der Waals surface area (Å²) in [5.41, 5.74) is 6.81. The number of methoxy groups -OCH3 is 1. The zero-order valence-corrected chi connectivity index (χ0v) is 14.4. The lowest BCUT2D eigenvalue weighted by atomic mass is 10.1. The van der Waals surface area contributed by atoms with Gasteiger partial charge in [0.15, 0.2) is 5.96 Å². The van der Waals surface area contributed by atoms with Gasteiger partial charge >= 0.3 is 0 Å². The maximum atomic E-state index is 6.02. The monoisotopic (exact) mass is 336 g/mol. The average molecular weight is 336 g/mol. The highest BCUT2D eigenvalue weighted by Gasteiger charge is 2.30. The molecule has 24 heavy (non-hydrogen) atoms. The van der Waals surface area contributed by atoms with E-state index in [4.69, 9.17) is 15.2 Å². The Kier molecular flexibility index (Phi) is 6.03. The second kappa shape index (κ2) is 8.43. The van der Waals surface area contributed by atoms with Gasteiger partial charge in [-0.25, -0.2) is 9.67 Å². The normalized spacial score (nSPS) is 26.5. The molecule has 2 fully saturated rings. The molecule has 0 amide bonds. The summed E-state index contributed by atoms with van der Waals surface area (Å²) in [5.74, 6) is 0.496. The van der Waals surface area contributed by atoms with Crippen molar-refractivity contribution in [3.8, 4) is 0 Å². The number of nitrogens with one attached hydrogen (secondary N) is 1. The lowest BCUT2D eigenvalue weighted by Crippen LogP contribution is -2.39. The highest BCUT2D eigenvalue weighted by atomic mass is 16.5. The van der Waals surface area contributed by atoms with Crippen molar-refractivity contribution in [3.05, 3.63) is 11.9 Å². The van der Waals surface area contributed by atoms with Crippen molar-refractivity contribution in [2.75, 3.05) is 20.3 Å². The minimum Gasteiger partial charge on any atom is -0.377 e. The van der Waals surface area contributed by atoms with Gasteiger partial charge in [0, 0.05) is 13.2 Å². The Morgan fingerprint density at radius 3 is 2.92 bits per heavy atom. The van der Waals surface area contributed by atoms with Crippen LogP contribution in [-0.2, 0) is 16.0 Å². The fourth-order valence-corrected chi connectivity index (χ4v) is 3.39. The Labute approximate surface area is 142 Å². The highest BCUT2D eigenvalue weighted by Crippen LogP contribution is 2.21. The van der Waals surface area contributed by atoms with E-state index in [1.807, 2.05) is 6.20 Å². The molecule has 0 bridgehead atoms. The van der Waals surface area contributed by atoms with Gasteiger partial charge in [-0.3, -0.25) is 0 Å². The molecule has 1 aromatic heterocycles. The third-order valence-electron chi connectivity index (χ3n) is 4.82. The Morgan fingerprint density at radius 1 is 1.38 bits per heavy atom. The Hall–Kier alpha value is -1.67. The van der Waals surface area contributed by atoms with Gasteiger partial charge in [0.05, 0.1) is 26.0 Å². The smallest absolute Gasteiger partial charge is 0.189 e. The van der Waals surface area contributed by atoms with E-state index in [0.29, 0.717) is 31.8 Å². The first-order valence-electron chi connectivity index (χ1n) is 8.84. The average Bonchev–Trinajstić information content (AvgIpc) is 3.17. The van der Waals surface area contributed by atoms with E-state index in [1.165, 1.54) is 38.5 Å². The minimum atomic E-state index is 0.0185. The van der Waals surface area contributed by atoms with Crippen LogP contribution in [0.25, 0.3) is 0 Å². The third kappa shape index (κ3) is 4.45. The summed E-state index contributed by atoms with van der Waals surface area (Å²) in [6, 6.07) is 0.520. The van der Waals surface area contributed by atoms with Gasteiger partial charge in [-0.15, -0.1) is 5.10 Å². The summed E-state index contributed by atoms with van der Waals surface area (Å²) in [7, 11) is 1.69. The first-order chi connectivity index (χ1) is 11.8. The van der Waals surface area contributed by atoms with Gasteiger partial charge in [-0.05, 0) is 12.8 Å². The van der Waals surface area contributed by atoms with E-state index >= 15 is 0 Å². The molecule has 1 aliphatic heterocycles. The van der Waals surface area contributed by atoms with Crippen LogP contribution in [0.4, 0.5) is 0 Å². The number of aliphatic imine (C=N–C) groups is 1. The lowest BCUT2D eigenvalue weighted by Gasteiger charge is -2.16. The van der Waals surface area contributed by atoms with Crippen LogP contribution in [-0.4, -0.2) is 53.4 Å². The van der Waals surface area contributed by atoms with E-state index in [2.05, 4.69) is 20.6 Å². The minimum absolute atomic E-state index is 0.0185. The molecule has 2 heterocycles. The SMILES string of the molecule is CO[C@@H]1COC[C@H]1n1cc(CN=C(N)NC2CCCCCC2)nn1. The summed E-state index contributed by atoms with van der Waals surface area (Å²) < 4.78 is 12.7. The molecule has 0 aromatic carbocycles. The molecule has 0 unspecified atom stereocenters. The van der Waals surface area contributed by atoms with E-state index in [1.54, 1.807) is 11.8 Å². The number of nitrogens with zero attached hydrogens (tertiary/aromatic N) is 4. The maximum Gasteiger partial charge on any atom is 0.189 e. The Bertz CT molecular complexity index is 538. The second-order valence-corrected chi connectivity index (χ2v) is 6.60. The molecule has 0 radical (unpaired) electrons. The van der Waals surface area contributed by atoms with Gasteiger partial charge in [0.25, 0.3) is 0 Å². The van der Waals surface area contributed by atoms with E-state index in [0.717, 1.165) is 5.69 Å². The first-order valence-corrected chi connectivity index (χ1v) is 8.84. The second-order valence-electron chi connectivity index (χ2n) is 6.60. The Balaban J connectivity index is 1.52. The van der Waals surface area contributed by atoms with Crippen molar-refractivity contribution in [2.45, 2.75) is 63.3 Å². The van der Waals surface area contributed by atoms with Crippen LogP contribution in [0.2, 0.25) is 0 Å². The number of guanidine groups is 1. The lowest BCUT2D eigenvalue weighted by molar-refractivity contribution is 0.0661. The summed E-state index contributed by atoms with van der Waals surface area (Å²) in [6.45, 7) is 1.61. The van der Waals surface area contributed by atoms with Crippen LogP contribution in [0.15, 0.2) is 11.2 Å². The van der Waals surface area contributed by atoms with Crippen molar-refractivity contribution >= 4 is 5.96 Å². The fourth-order valence-electron chi connectivity index (χ4n) is 3.39. The molecule has 0 spiro atoms. The summed E-state index contributed by atoms with van der Waals surface area (Å²) >= 11 is 0. The molecular weight excluding hydrogens is 308 g/mol. The molecule has 2 atom stereocenters. The molecule has 1 aliphatic carbocycles. The quantitative estimate of drug-likeness (QED) is 0.472. The van der Waals surface area contributed by atoms with E-state index in [9.17, 15) is 0 Å². The predicted molar refractivity (Wildman–Crippen MR) is 90.6 cm³/mol. The van der Waals surface area contributed by atoms with Crippen molar-refractivity contribution in [2.24, 2.45) is 10.7 Å². The van der Waals surface area contributed by atoms with Crippen molar-refractivity contribution in [3.63, 3.8) is 0 Å². The van der Waals surface area contributed by atoms with Crippen LogP contribution in [0.1, 0.15) is 50.3 Å².